The molecule has 0 radical (unpaired) electrons. The molecule has 1 fully saturated rings. The minimum absolute atomic E-state index is 0.0495. The van der Waals surface area contributed by atoms with Crippen LogP contribution >= 0.6 is 27.5 Å². The van der Waals surface area contributed by atoms with E-state index in [1.165, 1.54) is 13.2 Å². The summed E-state index contributed by atoms with van der Waals surface area (Å²) in [5, 5.41) is 0.336. The average Bonchev–Trinajstić information content (AvgIpc) is 2.55. The molecule has 0 saturated carbocycles. The van der Waals surface area contributed by atoms with Crippen LogP contribution in [-0.2, 0) is 10.0 Å². The molecule has 1 aliphatic rings. The van der Waals surface area contributed by atoms with Crippen LogP contribution in [0, 0.1) is 0 Å². The van der Waals surface area contributed by atoms with Crippen molar-refractivity contribution in [3.05, 3.63) is 21.6 Å². The molecule has 0 atom stereocenters. The Hall–Kier alpha value is -0.380. The number of nitrogens with zero attached hydrogens (tertiary/aromatic N) is 2. The first-order valence-electron chi connectivity index (χ1n) is 8.27. The third kappa shape index (κ3) is 6.08. The highest BCUT2D eigenvalue weighted by Gasteiger charge is 2.22. The van der Waals surface area contributed by atoms with Crippen LogP contribution in [0.25, 0.3) is 0 Å². The molecule has 6 nitrogen and oxygen atoms in total. The minimum atomic E-state index is -3.67. The van der Waals surface area contributed by atoms with Crippen molar-refractivity contribution in [3.63, 3.8) is 0 Å². The minimum Gasteiger partial charge on any atom is -0.494 e. The Kier molecular flexibility index (Phi) is 7.97. The Bertz CT molecular complexity index is 679. The van der Waals surface area contributed by atoms with Crippen LogP contribution in [0.3, 0.4) is 0 Å². The van der Waals surface area contributed by atoms with Crippen molar-refractivity contribution in [2.24, 2.45) is 0 Å². The van der Waals surface area contributed by atoms with E-state index < -0.39 is 10.0 Å². The van der Waals surface area contributed by atoms with Gasteiger partial charge >= 0.3 is 0 Å². The molecule has 0 spiro atoms. The molecule has 1 heterocycles. The highest BCUT2D eigenvalue weighted by Crippen LogP contribution is 2.35. The van der Waals surface area contributed by atoms with Crippen LogP contribution in [0.15, 0.2) is 21.5 Å². The smallest absolute Gasteiger partial charge is 0.244 e. The van der Waals surface area contributed by atoms with Crippen molar-refractivity contribution in [3.8, 4) is 5.75 Å². The summed E-state index contributed by atoms with van der Waals surface area (Å²) < 4.78 is 33.4. The number of nitrogens with one attached hydrogen (secondary N) is 1. The van der Waals surface area contributed by atoms with E-state index in [1.807, 2.05) is 0 Å². The average molecular weight is 455 g/mol. The molecule has 1 N–H and O–H groups in total. The predicted octanol–water partition coefficient (Wildman–Crippen LogP) is 2.42. The lowest BCUT2D eigenvalue weighted by molar-refractivity contribution is 0.152. The van der Waals surface area contributed by atoms with Gasteiger partial charge in [-0.1, -0.05) is 11.6 Å². The number of ether oxygens (including phenoxy) is 1. The number of methoxy groups -OCH3 is 1. The Morgan fingerprint density at radius 3 is 2.56 bits per heavy atom. The Morgan fingerprint density at radius 1 is 1.24 bits per heavy atom. The molecular weight excluding hydrogens is 430 g/mol. The molecule has 1 aliphatic heterocycles. The second-order valence-corrected chi connectivity index (χ2v) is 9.19. The van der Waals surface area contributed by atoms with E-state index in [9.17, 15) is 8.42 Å². The molecule has 142 valence electrons. The summed E-state index contributed by atoms with van der Waals surface area (Å²) in [5.74, 6) is 0.259. The first-order chi connectivity index (χ1) is 11.8. The van der Waals surface area contributed by atoms with E-state index in [1.54, 1.807) is 6.07 Å². The molecule has 0 aliphatic carbocycles. The van der Waals surface area contributed by atoms with Crippen molar-refractivity contribution in [2.75, 3.05) is 53.4 Å². The second kappa shape index (κ2) is 9.53. The van der Waals surface area contributed by atoms with Gasteiger partial charge in [-0.2, -0.15) is 0 Å². The number of halogens is 2. The lowest BCUT2D eigenvalue weighted by Crippen LogP contribution is -2.44. The topological polar surface area (TPSA) is 61.9 Å². The summed E-state index contributed by atoms with van der Waals surface area (Å²) in [6.07, 6.45) is 1.75. The standard InChI is InChI=1S/C16H25BrClN3O3S/c1-20-7-9-21(10-8-20)6-4-3-5-19-25(22,23)15-12-13(18)11-14(17)16(15)24-2/h11-12,19H,3-10H2,1-2H3. The van der Waals surface area contributed by atoms with E-state index in [-0.39, 0.29) is 10.6 Å². The highest BCUT2D eigenvalue weighted by atomic mass is 79.9. The van der Waals surface area contributed by atoms with E-state index in [0.29, 0.717) is 16.0 Å². The monoisotopic (exact) mass is 453 g/mol. The van der Waals surface area contributed by atoms with E-state index >= 15 is 0 Å². The van der Waals surface area contributed by atoms with Crippen LogP contribution in [-0.4, -0.2) is 71.6 Å². The van der Waals surface area contributed by atoms with Crippen LogP contribution in [0.2, 0.25) is 5.02 Å². The third-order valence-corrected chi connectivity index (χ3v) is 6.53. The normalized spacial score (nSPS) is 17.0. The van der Waals surface area contributed by atoms with Crippen LogP contribution in [0.5, 0.6) is 5.75 Å². The Labute approximate surface area is 163 Å². The molecule has 0 unspecified atom stereocenters. The molecule has 0 amide bonds. The fourth-order valence-electron chi connectivity index (χ4n) is 2.75. The molecule has 9 heteroatoms. The second-order valence-electron chi connectivity index (χ2n) is 6.17. The number of benzene rings is 1. The van der Waals surface area contributed by atoms with Crippen molar-refractivity contribution < 1.29 is 13.2 Å². The molecular formula is C16H25BrClN3O3S. The Morgan fingerprint density at radius 2 is 1.92 bits per heavy atom. The molecule has 1 saturated heterocycles. The summed E-state index contributed by atoms with van der Waals surface area (Å²) >= 11 is 9.26. The molecule has 25 heavy (non-hydrogen) atoms. The van der Waals surface area contributed by atoms with Crippen molar-refractivity contribution >= 4 is 37.6 Å². The van der Waals surface area contributed by atoms with Crippen LogP contribution in [0.4, 0.5) is 0 Å². The van der Waals surface area contributed by atoms with Gasteiger partial charge in [-0.15, -0.1) is 0 Å². The first kappa shape index (κ1) is 20.9. The lowest BCUT2D eigenvalue weighted by atomic mass is 10.2. The Balaban J connectivity index is 1.84. The molecule has 2 rings (SSSR count). The number of piperazine rings is 1. The third-order valence-electron chi connectivity index (χ3n) is 4.26. The maximum absolute atomic E-state index is 12.5. The van der Waals surface area contributed by atoms with Gasteiger partial charge in [-0.3, -0.25) is 0 Å². The van der Waals surface area contributed by atoms with E-state index in [0.717, 1.165) is 45.6 Å². The fourth-order valence-corrected chi connectivity index (χ4v) is 5.21. The number of rotatable bonds is 8. The zero-order valence-corrected chi connectivity index (χ0v) is 17.8. The summed E-state index contributed by atoms with van der Waals surface area (Å²) in [4.78, 5) is 4.79. The summed E-state index contributed by atoms with van der Waals surface area (Å²) in [6, 6.07) is 3.01. The largest absolute Gasteiger partial charge is 0.494 e. The highest BCUT2D eigenvalue weighted by molar-refractivity contribution is 9.10. The maximum Gasteiger partial charge on any atom is 0.244 e. The van der Waals surface area contributed by atoms with Gasteiger partial charge in [-0.25, -0.2) is 13.1 Å². The van der Waals surface area contributed by atoms with Gasteiger partial charge in [0.2, 0.25) is 10.0 Å². The zero-order chi connectivity index (χ0) is 18.4. The van der Waals surface area contributed by atoms with Gasteiger partial charge in [0.15, 0.2) is 5.75 Å². The number of hydrogen-bond acceptors (Lipinski definition) is 5. The first-order valence-corrected chi connectivity index (χ1v) is 10.9. The number of unbranched alkanes of at least 4 members (excludes halogenated alkanes) is 1. The summed E-state index contributed by atoms with van der Waals surface area (Å²) in [5.41, 5.74) is 0. The SMILES string of the molecule is COc1c(Br)cc(Cl)cc1S(=O)(=O)NCCCCN1CCN(C)CC1. The zero-order valence-electron chi connectivity index (χ0n) is 14.6. The predicted molar refractivity (Wildman–Crippen MR) is 104 cm³/mol. The quantitative estimate of drug-likeness (QED) is 0.611. The van der Waals surface area contributed by atoms with E-state index in [4.69, 9.17) is 16.3 Å². The number of likely N-dealkylation sites (N-methyl/N-ethyl adjacent to an activating group) is 1. The number of hydrogen-bond donors (Lipinski definition) is 1. The number of sulfonamides is 1. The van der Waals surface area contributed by atoms with Gasteiger partial charge in [0.1, 0.15) is 4.90 Å². The fraction of sp³-hybridized carbons (Fsp3) is 0.625. The van der Waals surface area contributed by atoms with Gasteiger partial charge < -0.3 is 14.5 Å². The summed E-state index contributed by atoms with van der Waals surface area (Å²) in [7, 11) is -0.103. The van der Waals surface area contributed by atoms with Gasteiger partial charge in [-0.05, 0) is 54.5 Å². The van der Waals surface area contributed by atoms with Crippen LogP contribution < -0.4 is 9.46 Å². The molecule has 1 aromatic carbocycles. The van der Waals surface area contributed by atoms with Gasteiger partial charge in [0, 0.05) is 37.7 Å². The molecule has 0 aromatic heterocycles. The van der Waals surface area contributed by atoms with Crippen molar-refractivity contribution in [1.29, 1.82) is 0 Å². The molecule has 0 bridgehead atoms. The van der Waals surface area contributed by atoms with Gasteiger partial charge in [0.05, 0.1) is 11.6 Å². The lowest BCUT2D eigenvalue weighted by Gasteiger charge is -2.32. The maximum atomic E-state index is 12.5. The van der Waals surface area contributed by atoms with Crippen LogP contribution in [0.1, 0.15) is 12.8 Å². The summed E-state index contributed by atoms with van der Waals surface area (Å²) in [6.45, 7) is 5.74. The van der Waals surface area contributed by atoms with Gasteiger partial charge in [0.25, 0.3) is 0 Å². The van der Waals surface area contributed by atoms with E-state index in [2.05, 4.69) is 37.5 Å². The van der Waals surface area contributed by atoms with Crippen molar-refractivity contribution in [1.82, 2.24) is 14.5 Å². The molecule has 1 aromatic rings. The van der Waals surface area contributed by atoms with Crippen molar-refractivity contribution in [2.45, 2.75) is 17.7 Å².